The average Bonchev–Trinajstić information content (AvgIpc) is 2.48. The summed E-state index contributed by atoms with van der Waals surface area (Å²) in [6.07, 6.45) is 4.54. The van der Waals surface area contributed by atoms with Crippen molar-refractivity contribution >= 4 is 0 Å². The van der Waals surface area contributed by atoms with Crippen LogP contribution in [0, 0.1) is 11.2 Å². The van der Waals surface area contributed by atoms with Crippen molar-refractivity contribution in [2.24, 2.45) is 5.41 Å². The molecule has 1 aromatic rings. The number of ether oxygens (including phenoxy) is 2. The van der Waals surface area contributed by atoms with Crippen molar-refractivity contribution in [3.63, 3.8) is 0 Å². The molecule has 1 aromatic carbocycles. The van der Waals surface area contributed by atoms with Crippen molar-refractivity contribution in [1.29, 1.82) is 0 Å². The molecule has 2 aliphatic rings. The first kappa shape index (κ1) is 16.7. The van der Waals surface area contributed by atoms with Crippen molar-refractivity contribution in [3.05, 3.63) is 30.1 Å². The highest BCUT2D eigenvalue weighted by atomic mass is 19.1. The molecular weight excluding hydrogens is 297 g/mol. The zero-order chi connectivity index (χ0) is 16.3. The van der Waals surface area contributed by atoms with Crippen molar-refractivity contribution in [2.75, 3.05) is 19.8 Å². The lowest BCUT2D eigenvalue weighted by Gasteiger charge is -2.61. The topological polar surface area (TPSA) is 50.7 Å². The van der Waals surface area contributed by atoms with Crippen LogP contribution in [0.25, 0.3) is 0 Å². The molecule has 0 aromatic heterocycles. The van der Waals surface area contributed by atoms with Gasteiger partial charge in [-0.1, -0.05) is 6.42 Å². The first-order valence-corrected chi connectivity index (χ1v) is 8.55. The SMILES string of the molecule is CCOC1CC(NCC(O)COc2ccc(F)cc2)C12CCC2. The lowest BCUT2D eigenvalue weighted by molar-refractivity contribution is -0.173. The van der Waals surface area contributed by atoms with Crippen LogP contribution in [0.3, 0.4) is 0 Å². The summed E-state index contributed by atoms with van der Waals surface area (Å²) in [5.74, 6) is 0.278. The molecule has 3 atom stereocenters. The van der Waals surface area contributed by atoms with Crippen molar-refractivity contribution < 1.29 is 19.0 Å². The third-order valence-corrected chi connectivity index (χ3v) is 5.29. The predicted molar refractivity (Wildman–Crippen MR) is 86.0 cm³/mol. The normalized spacial score (nSPS) is 26.4. The zero-order valence-electron chi connectivity index (χ0n) is 13.6. The molecule has 0 heterocycles. The van der Waals surface area contributed by atoms with E-state index in [-0.39, 0.29) is 12.4 Å². The molecular formula is C18H26FNO3. The maximum absolute atomic E-state index is 12.8. The highest BCUT2D eigenvalue weighted by Crippen LogP contribution is 2.57. The van der Waals surface area contributed by atoms with E-state index in [1.165, 1.54) is 31.4 Å². The van der Waals surface area contributed by atoms with Gasteiger partial charge in [0.1, 0.15) is 24.3 Å². The molecule has 2 N–H and O–H groups in total. The van der Waals surface area contributed by atoms with Gasteiger partial charge in [0.2, 0.25) is 0 Å². The first-order valence-electron chi connectivity index (χ1n) is 8.55. The summed E-state index contributed by atoms with van der Waals surface area (Å²) >= 11 is 0. The molecule has 1 spiro atoms. The van der Waals surface area contributed by atoms with E-state index in [1.54, 1.807) is 12.1 Å². The van der Waals surface area contributed by atoms with Crippen LogP contribution in [0.1, 0.15) is 32.6 Å². The van der Waals surface area contributed by atoms with Crippen LogP contribution >= 0.6 is 0 Å². The molecule has 0 bridgehead atoms. The van der Waals surface area contributed by atoms with Gasteiger partial charge in [0, 0.05) is 24.6 Å². The fourth-order valence-corrected chi connectivity index (χ4v) is 3.79. The smallest absolute Gasteiger partial charge is 0.123 e. The number of hydrogen-bond acceptors (Lipinski definition) is 4. The Morgan fingerprint density at radius 3 is 2.70 bits per heavy atom. The molecule has 5 heteroatoms. The Balaban J connectivity index is 1.39. The van der Waals surface area contributed by atoms with Crippen LogP contribution < -0.4 is 10.1 Å². The van der Waals surface area contributed by atoms with Gasteiger partial charge in [-0.15, -0.1) is 0 Å². The van der Waals surface area contributed by atoms with Gasteiger partial charge in [-0.3, -0.25) is 0 Å². The van der Waals surface area contributed by atoms with Gasteiger partial charge in [0.05, 0.1) is 6.10 Å². The second-order valence-electron chi connectivity index (χ2n) is 6.65. The Bertz CT molecular complexity index is 503. The van der Waals surface area contributed by atoms with Crippen LogP contribution in [-0.2, 0) is 4.74 Å². The number of benzene rings is 1. The lowest BCUT2D eigenvalue weighted by Crippen LogP contribution is -2.67. The van der Waals surface area contributed by atoms with E-state index in [0.717, 1.165) is 13.0 Å². The van der Waals surface area contributed by atoms with Crippen molar-refractivity contribution in [1.82, 2.24) is 5.32 Å². The van der Waals surface area contributed by atoms with Crippen LogP contribution in [0.5, 0.6) is 5.75 Å². The Morgan fingerprint density at radius 1 is 1.35 bits per heavy atom. The van der Waals surface area contributed by atoms with E-state index in [2.05, 4.69) is 5.32 Å². The van der Waals surface area contributed by atoms with E-state index >= 15 is 0 Å². The highest BCUT2D eigenvalue weighted by Gasteiger charge is 2.58. The van der Waals surface area contributed by atoms with Crippen molar-refractivity contribution in [2.45, 2.75) is 50.9 Å². The average molecular weight is 323 g/mol. The van der Waals surface area contributed by atoms with E-state index in [4.69, 9.17) is 9.47 Å². The summed E-state index contributed by atoms with van der Waals surface area (Å²) in [5.41, 5.74) is 0.299. The minimum atomic E-state index is -0.580. The monoisotopic (exact) mass is 323 g/mol. The van der Waals surface area contributed by atoms with Crippen LogP contribution in [0.15, 0.2) is 24.3 Å². The van der Waals surface area contributed by atoms with E-state index < -0.39 is 6.10 Å². The molecule has 3 unspecified atom stereocenters. The van der Waals surface area contributed by atoms with Crippen molar-refractivity contribution in [3.8, 4) is 5.75 Å². The minimum absolute atomic E-state index is 0.202. The number of aliphatic hydroxyl groups is 1. The molecule has 0 radical (unpaired) electrons. The van der Waals surface area contributed by atoms with Crippen LogP contribution in [0.4, 0.5) is 4.39 Å². The predicted octanol–water partition coefficient (Wildman–Crippen LogP) is 2.50. The molecule has 2 aliphatic carbocycles. The standard InChI is InChI=1S/C18H26FNO3/c1-2-22-17-10-16(18(17)8-3-9-18)20-11-14(21)12-23-15-6-4-13(19)5-7-15/h4-7,14,16-17,20-21H,2-3,8-12H2,1H3. The quantitative estimate of drug-likeness (QED) is 0.772. The number of nitrogens with one attached hydrogen (secondary N) is 1. The lowest BCUT2D eigenvalue weighted by atomic mass is 9.51. The molecule has 2 saturated carbocycles. The summed E-state index contributed by atoms with van der Waals surface area (Å²) < 4.78 is 24.1. The number of halogens is 1. The van der Waals surface area contributed by atoms with Gasteiger partial charge < -0.3 is 19.9 Å². The third-order valence-electron chi connectivity index (χ3n) is 5.29. The van der Waals surface area contributed by atoms with E-state index in [0.29, 0.717) is 29.9 Å². The third kappa shape index (κ3) is 3.52. The Morgan fingerprint density at radius 2 is 2.09 bits per heavy atom. The summed E-state index contributed by atoms with van der Waals surface area (Å²) in [5, 5.41) is 13.5. The van der Waals surface area contributed by atoms with Gasteiger partial charge >= 0.3 is 0 Å². The fraction of sp³-hybridized carbons (Fsp3) is 0.667. The molecule has 0 aliphatic heterocycles. The second-order valence-corrected chi connectivity index (χ2v) is 6.65. The zero-order valence-corrected chi connectivity index (χ0v) is 13.6. The second kappa shape index (κ2) is 7.16. The number of rotatable bonds is 8. The summed E-state index contributed by atoms with van der Waals surface area (Å²) in [6.45, 7) is 3.52. The van der Waals surface area contributed by atoms with Crippen LogP contribution in [0.2, 0.25) is 0 Å². The number of hydrogen-bond donors (Lipinski definition) is 2. The molecule has 2 fully saturated rings. The van der Waals surface area contributed by atoms with Gasteiger partial charge in [-0.2, -0.15) is 0 Å². The molecule has 128 valence electrons. The Labute approximate surface area is 137 Å². The molecule has 23 heavy (non-hydrogen) atoms. The number of aliphatic hydroxyl groups excluding tert-OH is 1. The Hall–Kier alpha value is -1.17. The summed E-state index contributed by atoms with van der Waals surface area (Å²) in [7, 11) is 0. The van der Waals surface area contributed by atoms with Gasteiger partial charge in [0.15, 0.2) is 0 Å². The molecule has 0 amide bonds. The summed E-state index contributed by atoms with van der Waals surface area (Å²) in [6, 6.07) is 6.27. The van der Waals surface area contributed by atoms with E-state index in [9.17, 15) is 9.50 Å². The largest absolute Gasteiger partial charge is 0.491 e. The molecule has 0 saturated heterocycles. The maximum Gasteiger partial charge on any atom is 0.123 e. The maximum atomic E-state index is 12.8. The fourth-order valence-electron chi connectivity index (χ4n) is 3.79. The van der Waals surface area contributed by atoms with Crippen LogP contribution in [-0.4, -0.2) is 43.1 Å². The highest BCUT2D eigenvalue weighted by molar-refractivity contribution is 5.22. The molecule has 4 nitrogen and oxygen atoms in total. The minimum Gasteiger partial charge on any atom is -0.491 e. The Kier molecular flexibility index (Phi) is 5.19. The first-order chi connectivity index (χ1) is 11.1. The van der Waals surface area contributed by atoms with E-state index in [1.807, 2.05) is 6.92 Å². The van der Waals surface area contributed by atoms with Gasteiger partial charge in [0.25, 0.3) is 0 Å². The summed E-state index contributed by atoms with van der Waals surface area (Å²) in [4.78, 5) is 0. The van der Waals surface area contributed by atoms with Gasteiger partial charge in [-0.25, -0.2) is 4.39 Å². The molecule has 3 rings (SSSR count). The van der Waals surface area contributed by atoms with Gasteiger partial charge in [-0.05, 0) is 50.5 Å².